The van der Waals surface area contributed by atoms with Gasteiger partial charge in [-0.3, -0.25) is 14.9 Å². The molecule has 1 aliphatic heterocycles. The van der Waals surface area contributed by atoms with Crippen molar-refractivity contribution in [1.82, 2.24) is 5.32 Å². The number of non-ortho nitro benzene ring substituents is 1. The molecule has 1 aromatic heterocycles. The van der Waals surface area contributed by atoms with E-state index in [1.54, 1.807) is 23.5 Å². The third kappa shape index (κ3) is 2.45. The molecule has 2 aromatic rings. The Morgan fingerprint density at radius 2 is 2.00 bits per heavy atom. The number of benzene rings is 1. The van der Waals surface area contributed by atoms with Crippen LogP contribution in [0.2, 0.25) is 0 Å². The first-order valence-electron chi connectivity index (χ1n) is 7.99. The molecule has 0 saturated carbocycles. The van der Waals surface area contributed by atoms with Gasteiger partial charge < -0.3 is 10.6 Å². The Hall–Kier alpha value is -2.41. The van der Waals surface area contributed by atoms with Gasteiger partial charge >= 0.3 is 0 Å². The Balaban J connectivity index is 1.64. The van der Waals surface area contributed by atoms with E-state index in [1.807, 2.05) is 0 Å². The maximum absolute atomic E-state index is 12.6. The van der Waals surface area contributed by atoms with Gasteiger partial charge in [-0.2, -0.15) is 0 Å². The number of nitro benzene ring substituents is 1. The highest BCUT2D eigenvalue weighted by Crippen LogP contribution is 2.42. The molecule has 2 N–H and O–H groups in total. The summed E-state index contributed by atoms with van der Waals surface area (Å²) in [4.78, 5) is 24.3. The summed E-state index contributed by atoms with van der Waals surface area (Å²) in [5.41, 5.74) is 2.84. The second-order valence-electron chi connectivity index (χ2n) is 6.46. The molecular weight excluding hydrogens is 326 g/mol. The zero-order chi connectivity index (χ0) is 16.8. The molecule has 4 rings (SSSR count). The summed E-state index contributed by atoms with van der Waals surface area (Å²) in [5, 5.41) is 18.0. The standard InChI is InChI=1S/C17H17N3O3S/c1-9-2-7-12-13(8-9)24-17-14(12)16(21)18-15(19-17)10-3-5-11(6-4-10)20(22)23/h3-6,9,15,19H,2,7-8H2,1H3,(H,18,21)/t9-,15+/m1/s1. The highest BCUT2D eigenvalue weighted by molar-refractivity contribution is 7.16. The van der Waals surface area contributed by atoms with Crippen LogP contribution in [0.25, 0.3) is 0 Å². The van der Waals surface area contributed by atoms with Crippen molar-refractivity contribution in [2.24, 2.45) is 5.92 Å². The van der Waals surface area contributed by atoms with Crippen LogP contribution in [-0.4, -0.2) is 10.8 Å². The van der Waals surface area contributed by atoms with Crippen molar-refractivity contribution in [1.29, 1.82) is 0 Å². The van der Waals surface area contributed by atoms with Crippen molar-refractivity contribution in [3.8, 4) is 0 Å². The molecule has 0 bridgehead atoms. The molecule has 0 saturated heterocycles. The van der Waals surface area contributed by atoms with Crippen molar-refractivity contribution >= 4 is 27.9 Å². The van der Waals surface area contributed by atoms with Gasteiger partial charge in [0.25, 0.3) is 11.6 Å². The molecule has 124 valence electrons. The number of thiophene rings is 1. The molecule has 0 spiro atoms. The van der Waals surface area contributed by atoms with E-state index in [1.165, 1.54) is 22.6 Å². The number of nitrogens with one attached hydrogen (secondary N) is 2. The molecule has 2 atom stereocenters. The lowest BCUT2D eigenvalue weighted by Gasteiger charge is -2.27. The first-order valence-corrected chi connectivity index (χ1v) is 8.81. The molecule has 1 amide bonds. The van der Waals surface area contributed by atoms with Gasteiger partial charge in [0.05, 0.1) is 10.5 Å². The zero-order valence-corrected chi connectivity index (χ0v) is 14.0. The van der Waals surface area contributed by atoms with Crippen molar-refractivity contribution in [3.63, 3.8) is 0 Å². The molecule has 2 aliphatic rings. The Morgan fingerprint density at radius 1 is 1.25 bits per heavy atom. The molecule has 0 unspecified atom stereocenters. The summed E-state index contributed by atoms with van der Waals surface area (Å²) in [6.07, 6.45) is 2.75. The van der Waals surface area contributed by atoms with Crippen molar-refractivity contribution in [3.05, 3.63) is 55.9 Å². The van der Waals surface area contributed by atoms with Gasteiger partial charge in [0.2, 0.25) is 0 Å². The fourth-order valence-corrected chi connectivity index (χ4v) is 4.85. The number of nitrogens with zero attached hydrogens (tertiary/aromatic N) is 1. The maximum Gasteiger partial charge on any atom is 0.269 e. The molecule has 0 radical (unpaired) electrons. The van der Waals surface area contributed by atoms with Gasteiger partial charge in [-0.25, -0.2) is 0 Å². The molecule has 0 fully saturated rings. The van der Waals surface area contributed by atoms with E-state index in [-0.39, 0.29) is 17.8 Å². The van der Waals surface area contributed by atoms with Crippen LogP contribution in [-0.2, 0) is 12.8 Å². The number of fused-ring (bicyclic) bond motifs is 3. The van der Waals surface area contributed by atoms with E-state index in [4.69, 9.17) is 0 Å². The third-order valence-electron chi connectivity index (χ3n) is 4.73. The minimum absolute atomic E-state index is 0.0437. The van der Waals surface area contributed by atoms with E-state index < -0.39 is 4.92 Å². The Kier molecular flexibility index (Phi) is 3.53. The van der Waals surface area contributed by atoms with Crippen molar-refractivity contribution < 1.29 is 9.72 Å². The molecule has 1 aliphatic carbocycles. The average molecular weight is 343 g/mol. The van der Waals surface area contributed by atoms with E-state index in [0.717, 1.165) is 35.4 Å². The monoisotopic (exact) mass is 343 g/mol. The fraction of sp³-hybridized carbons (Fsp3) is 0.353. The van der Waals surface area contributed by atoms with Crippen LogP contribution in [0, 0.1) is 16.0 Å². The van der Waals surface area contributed by atoms with Crippen LogP contribution in [0.15, 0.2) is 24.3 Å². The smallest absolute Gasteiger partial charge is 0.269 e. The van der Waals surface area contributed by atoms with Crippen LogP contribution < -0.4 is 10.6 Å². The van der Waals surface area contributed by atoms with Gasteiger partial charge in [-0.05, 0) is 48.4 Å². The maximum atomic E-state index is 12.6. The number of carbonyl (C=O) groups is 1. The van der Waals surface area contributed by atoms with Crippen LogP contribution in [0.3, 0.4) is 0 Å². The zero-order valence-electron chi connectivity index (χ0n) is 13.2. The third-order valence-corrected chi connectivity index (χ3v) is 5.91. The van der Waals surface area contributed by atoms with Crippen LogP contribution in [0.4, 0.5) is 10.7 Å². The number of hydrogen-bond acceptors (Lipinski definition) is 5. The lowest BCUT2D eigenvalue weighted by atomic mass is 9.88. The first-order chi connectivity index (χ1) is 11.5. The minimum Gasteiger partial charge on any atom is -0.353 e. The van der Waals surface area contributed by atoms with Gasteiger partial charge in [-0.1, -0.05) is 6.92 Å². The quantitative estimate of drug-likeness (QED) is 0.644. The van der Waals surface area contributed by atoms with Crippen LogP contribution in [0.5, 0.6) is 0 Å². The van der Waals surface area contributed by atoms with Crippen LogP contribution >= 0.6 is 11.3 Å². The number of hydrogen-bond donors (Lipinski definition) is 2. The fourth-order valence-electron chi connectivity index (χ4n) is 3.42. The highest BCUT2D eigenvalue weighted by atomic mass is 32.1. The van der Waals surface area contributed by atoms with Crippen LogP contribution in [0.1, 0.15) is 45.9 Å². The Morgan fingerprint density at radius 3 is 2.71 bits per heavy atom. The highest BCUT2D eigenvalue weighted by Gasteiger charge is 2.33. The summed E-state index contributed by atoms with van der Waals surface area (Å²) in [6, 6.07) is 6.27. The second-order valence-corrected chi connectivity index (χ2v) is 7.56. The van der Waals surface area contributed by atoms with Crippen molar-refractivity contribution in [2.75, 3.05) is 5.32 Å². The van der Waals surface area contributed by atoms with Gasteiger partial charge in [0, 0.05) is 17.0 Å². The molecule has 6 nitrogen and oxygen atoms in total. The molecule has 2 heterocycles. The largest absolute Gasteiger partial charge is 0.353 e. The molecule has 7 heteroatoms. The molecule has 1 aromatic carbocycles. The van der Waals surface area contributed by atoms with E-state index in [2.05, 4.69) is 17.6 Å². The normalized spacial score (nSPS) is 22.1. The Labute approximate surface area is 143 Å². The topological polar surface area (TPSA) is 84.3 Å². The summed E-state index contributed by atoms with van der Waals surface area (Å²) in [5.74, 6) is 0.602. The summed E-state index contributed by atoms with van der Waals surface area (Å²) in [7, 11) is 0. The number of anilines is 1. The number of carbonyl (C=O) groups excluding carboxylic acids is 1. The first kappa shape index (κ1) is 15.1. The second kappa shape index (κ2) is 5.59. The summed E-state index contributed by atoms with van der Waals surface area (Å²) < 4.78 is 0. The lowest BCUT2D eigenvalue weighted by Crippen LogP contribution is -2.38. The number of nitro groups is 1. The van der Waals surface area contributed by atoms with Gasteiger partial charge in [0.15, 0.2) is 0 Å². The summed E-state index contributed by atoms with van der Waals surface area (Å²) in [6.45, 7) is 2.24. The van der Waals surface area contributed by atoms with E-state index >= 15 is 0 Å². The molecule has 24 heavy (non-hydrogen) atoms. The van der Waals surface area contributed by atoms with E-state index in [0.29, 0.717) is 5.92 Å². The van der Waals surface area contributed by atoms with Crippen molar-refractivity contribution in [2.45, 2.75) is 32.4 Å². The predicted molar refractivity (Wildman–Crippen MR) is 92.4 cm³/mol. The minimum atomic E-state index is -0.427. The van der Waals surface area contributed by atoms with E-state index in [9.17, 15) is 14.9 Å². The molecular formula is C17H17N3O3S. The van der Waals surface area contributed by atoms with Gasteiger partial charge in [0.1, 0.15) is 11.2 Å². The Bertz CT molecular complexity index is 828. The number of rotatable bonds is 2. The predicted octanol–water partition coefficient (Wildman–Crippen LogP) is 3.64. The summed E-state index contributed by atoms with van der Waals surface area (Å²) >= 11 is 1.67. The lowest BCUT2D eigenvalue weighted by molar-refractivity contribution is -0.384. The van der Waals surface area contributed by atoms with Gasteiger partial charge in [-0.15, -0.1) is 11.3 Å². The number of amides is 1. The average Bonchev–Trinajstić information content (AvgIpc) is 2.92. The SMILES string of the molecule is C[C@@H]1CCc2c(sc3c2C(=O)N[C@H](c2ccc([N+](=O)[O-])cc2)N3)C1.